The van der Waals surface area contributed by atoms with Crippen LogP contribution >= 0.6 is 23.2 Å². The van der Waals surface area contributed by atoms with Crippen LogP contribution in [0.15, 0.2) is 27.9 Å². The third-order valence-corrected chi connectivity index (χ3v) is 5.55. The Kier molecular flexibility index (Phi) is 6.65. The van der Waals surface area contributed by atoms with Crippen molar-refractivity contribution in [2.45, 2.75) is 13.5 Å². The van der Waals surface area contributed by atoms with Gasteiger partial charge in [0.1, 0.15) is 0 Å². The summed E-state index contributed by atoms with van der Waals surface area (Å²) in [7, 11) is 0. The van der Waals surface area contributed by atoms with Crippen LogP contribution in [-0.2, 0) is 11.3 Å². The predicted molar refractivity (Wildman–Crippen MR) is 116 cm³/mol. The highest BCUT2D eigenvalue weighted by atomic mass is 35.5. The summed E-state index contributed by atoms with van der Waals surface area (Å²) in [5, 5.41) is 20.4. The first-order valence-electron chi connectivity index (χ1n) is 9.57. The largest absolute Gasteiger partial charge is 0.379 e. The van der Waals surface area contributed by atoms with Gasteiger partial charge in [-0.25, -0.2) is 10.1 Å². The lowest BCUT2D eigenvalue weighted by Gasteiger charge is -2.26. The van der Waals surface area contributed by atoms with Crippen molar-refractivity contribution in [2.24, 2.45) is 5.10 Å². The zero-order chi connectivity index (χ0) is 22.7. The van der Waals surface area contributed by atoms with Crippen molar-refractivity contribution >= 4 is 40.6 Å². The zero-order valence-corrected chi connectivity index (χ0v) is 18.5. The van der Waals surface area contributed by atoms with Crippen LogP contribution < -0.4 is 11.2 Å². The first kappa shape index (κ1) is 22.1. The van der Waals surface area contributed by atoms with E-state index in [-0.39, 0.29) is 17.3 Å². The van der Waals surface area contributed by atoms with E-state index in [1.54, 1.807) is 25.1 Å². The molecule has 0 unspecified atom stereocenters. The molecule has 168 valence electrons. The normalized spacial score (nSPS) is 15.2. The lowest BCUT2D eigenvalue weighted by atomic mass is 10.1. The second-order valence-electron chi connectivity index (χ2n) is 6.93. The van der Waals surface area contributed by atoms with Gasteiger partial charge in [0.15, 0.2) is 5.69 Å². The summed E-state index contributed by atoms with van der Waals surface area (Å²) >= 11 is 12.0. The number of nitrogens with zero attached hydrogens (tertiary/aromatic N) is 7. The van der Waals surface area contributed by atoms with E-state index in [9.17, 15) is 4.79 Å². The van der Waals surface area contributed by atoms with Gasteiger partial charge in [0, 0.05) is 19.6 Å². The first-order chi connectivity index (χ1) is 15.4. The SMILES string of the molecule is C/C(=N\NC(=O)c1nnn(-c2nonc2N)c1CN1CCOCC1)c1ccc(Cl)c(Cl)c1. The van der Waals surface area contributed by atoms with Gasteiger partial charge in [0.05, 0.1) is 34.7 Å². The van der Waals surface area contributed by atoms with E-state index in [1.165, 1.54) is 4.68 Å². The molecule has 1 fully saturated rings. The Labute approximate surface area is 192 Å². The number of hydrogen-bond donors (Lipinski definition) is 2. The molecule has 0 radical (unpaired) electrons. The molecule has 1 aliphatic heterocycles. The third-order valence-electron chi connectivity index (χ3n) is 4.81. The van der Waals surface area contributed by atoms with Gasteiger partial charge in [-0.05, 0) is 34.9 Å². The van der Waals surface area contributed by atoms with Crippen LogP contribution in [0.25, 0.3) is 5.82 Å². The molecule has 4 rings (SSSR count). The molecule has 0 aliphatic carbocycles. The van der Waals surface area contributed by atoms with E-state index >= 15 is 0 Å². The Hall–Kier alpha value is -3.06. The zero-order valence-electron chi connectivity index (χ0n) is 17.0. The van der Waals surface area contributed by atoms with E-state index in [2.05, 4.69) is 40.7 Å². The summed E-state index contributed by atoms with van der Waals surface area (Å²) in [4.78, 5) is 15.0. The quantitative estimate of drug-likeness (QED) is 0.396. The van der Waals surface area contributed by atoms with Gasteiger partial charge in [0.25, 0.3) is 5.91 Å². The van der Waals surface area contributed by atoms with Crippen LogP contribution in [0.2, 0.25) is 10.0 Å². The van der Waals surface area contributed by atoms with Gasteiger partial charge in [-0.1, -0.05) is 34.5 Å². The molecular formula is C18H19Cl2N9O3. The van der Waals surface area contributed by atoms with Crippen LogP contribution in [0.4, 0.5) is 5.82 Å². The maximum absolute atomic E-state index is 12.9. The number of aromatic nitrogens is 5. The van der Waals surface area contributed by atoms with Crippen LogP contribution in [0.1, 0.15) is 28.7 Å². The lowest BCUT2D eigenvalue weighted by Crippen LogP contribution is -2.37. The van der Waals surface area contributed by atoms with Crippen molar-refractivity contribution in [3.8, 4) is 5.82 Å². The Balaban J connectivity index is 1.60. The number of halogens is 2. The number of hydrazone groups is 1. The van der Waals surface area contributed by atoms with Crippen molar-refractivity contribution in [3.63, 3.8) is 0 Å². The van der Waals surface area contributed by atoms with Gasteiger partial charge in [-0.15, -0.1) is 5.10 Å². The molecule has 1 saturated heterocycles. The number of nitrogen functional groups attached to an aromatic ring is 1. The molecule has 0 spiro atoms. The Morgan fingerprint density at radius 2 is 2.03 bits per heavy atom. The molecule has 2 aromatic heterocycles. The summed E-state index contributed by atoms with van der Waals surface area (Å²) in [6.07, 6.45) is 0. The van der Waals surface area contributed by atoms with Crippen LogP contribution in [0.5, 0.6) is 0 Å². The molecule has 12 nitrogen and oxygen atoms in total. The number of anilines is 1. The monoisotopic (exact) mass is 479 g/mol. The maximum Gasteiger partial charge on any atom is 0.293 e. The second-order valence-corrected chi connectivity index (χ2v) is 7.74. The van der Waals surface area contributed by atoms with Gasteiger partial charge >= 0.3 is 0 Å². The number of morpholine rings is 1. The van der Waals surface area contributed by atoms with E-state index < -0.39 is 5.91 Å². The van der Waals surface area contributed by atoms with Crippen molar-refractivity contribution in [1.82, 2.24) is 35.6 Å². The van der Waals surface area contributed by atoms with Crippen molar-refractivity contribution in [2.75, 3.05) is 32.0 Å². The first-order valence-corrected chi connectivity index (χ1v) is 10.3. The average molecular weight is 480 g/mol. The fourth-order valence-electron chi connectivity index (χ4n) is 3.07. The average Bonchev–Trinajstić information content (AvgIpc) is 3.40. The summed E-state index contributed by atoms with van der Waals surface area (Å²) in [6.45, 7) is 4.64. The number of benzene rings is 1. The number of nitrogens with two attached hydrogens (primary N) is 1. The molecule has 32 heavy (non-hydrogen) atoms. The standard InChI is InChI=1S/C18H19Cl2N9O3/c1-10(11-2-3-12(19)13(20)8-11)22-24-18(30)15-14(9-28-4-6-31-7-5-28)29(27-23-15)17-16(21)25-32-26-17/h2-3,8H,4-7,9H2,1H3,(H2,21,25)(H,24,30)/b22-10+. The number of nitrogens with one attached hydrogen (secondary N) is 1. The summed E-state index contributed by atoms with van der Waals surface area (Å²) in [6, 6.07) is 5.07. The van der Waals surface area contributed by atoms with Crippen molar-refractivity contribution < 1.29 is 14.2 Å². The topological polar surface area (TPSA) is 150 Å². The molecule has 3 N–H and O–H groups in total. The number of ether oxygens (including phenoxy) is 1. The van der Waals surface area contributed by atoms with E-state index in [0.717, 1.165) is 0 Å². The van der Waals surface area contributed by atoms with Gasteiger partial charge in [-0.3, -0.25) is 9.69 Å². The summed E-state index contributed by atoms with van der Waals surface area (Å²) < 4.78 is 11.4. The highest BCUT2D eigenvalue weighted by molar-refractivity contribution is 6.42. The van der Waals surface area contributed by atoms with E-state index in [0.29, 0.717) is 59.9 Å². The highest BCUT2D eigenvalue weighted by Crippen LogP contribution is 2.23. The van der Waals surface area contributed by atoms with Crippen LogP contribution in [0, 0.1) is 0 Å². The molecule has 14 heteroatoms. The molecule has 3 aromatic rings. The fourth-order valence-corrected chi connectivity index (χ4v) is 3.37. The maximum atomic E-state index is 12.9. The third kappa shape index (κ3) is 4.72. The second kappa shape index (κ2) is 9.61. The molecule has 0 atom stereocenters. The number of amides is 1. The molecule has 1 aromatic carbocycles. The highest BCUT2D eigenvalue weighted by Gasteiger charge is 2.26. The molecule has 0 saturated carbocycles. The molecule has 0 bridgehead atoms. The Bertz CT molecular complexity index is 1150. The lowest BCUT2D eigenvalue weighted by molar-refractivity contribution is 0.0332. The number of carbonyl (C=O) groups is 1. The van der Waals surface area contributed by atoms with Crippen LogP contribution in [-0.4, -0.2) is 68.1 Å². The minimum absolute atomic E-state index is 0.0265. The number of rotatable bonds is 6. The Morgan fingerprint density at radius 3 is 2.72 bits per heavy atom. The minimum Gasteiger partial charge on any atom is -0.379 e. The van der Waals surface area contributed by atoms with E-state index in [1.807, 2.05) is 0 Å². The molecule has 1 amide bonds. The van der Waals surface area contributed by atoms with E-state index in [4.69, 9.17) is 33.7 Å². The van der Waals surface area contributed by atoms with Gasteiger partial charge < -0.3 is 10.5 Å². The molecular weight excluding hydrogens is 461 g/mol. The predicted octanol–water partition coefficient (Wildman–Crippen LogP) is 1.53. The number of carbonyl (C=O) groups excluding carboxylic acids is 1. The van der Waals surface area contributed by atoms with Crippen molar-refractivity contribution in [3.05, 3.63) is 45.2 Å². The van der Waals surface area contributed by atoms with Crippen LogP contribution in [0.3, 0.4) is 0 Å². The summed E-state index contributed by atoms with van der Waals surface area (Å²) in [5.41, 5.74) is 10.1. The number of hydrogen-bond acceptors (Lipinski definition) is 10. The molecule has 1 aliphatic rings. The molecule has 3 heterocycles. The summed E-state index contributed by atoms with van der Waals surface area (Å²) in [5.74, 6) is -0.372. The van der Waals surface area contributed by atoms with Gasteiger partial charge in [-0.2, -0.15) is 9.78 Å². The minimum atomic E-state index is -0.547. The van der Waals surface area contributed by atoms with Crippen molar-refractivity contribution in [1.29, 1.82) is 0 Å². The fraction of sp³-hybridized carbons (Fsp3) is 0.333. The smallest absolute Gasteiger partial charge is 0.293 e. The van der Waals surface area contributed by atoms with Gasteiger partial charge in [0.2, 0.25) is 11.6 Å². The Morgan fingerprint density at radius 1 is 1.25 bits per heavy atom.